The number of carbonyl (C=O) groups is 1. The molecule has 2 aliphatic heterocycles. The van der Waals surface area contributed by atoms with Crippen molar-refractivity contribution in [2.75, 3.05) is 31.3 Å². The van der Waals surface area contributed by atoms with Gasteiger partial charge in [-0.3, -0.25) is 14.7 Å². The van der Waals surface area contributed by atoms with Gasteiger partial charge < -0.3 is 9.88 Å². The van der Waals surface area contributed by atoms with E-state index in [0.717, 1.165) is 41.0 Å². The number of fused-ring (bicyclic) bond motifs is 3. The third-order valence-electron chi connectivity index (χ3n) is 3.89. The van der Waals surface area contributed by atoms with E-state index in [1.807, 2.05) is 20.2 Å². The van der Waals surface area contributed by atoms with E-state index < -0.39 is 0 Å². The van der Waals surface area contributed by atoms with Gasteiger partial charge in [-0.2, -0.15) is 0 Å². The van der Waals surface area contributed by atoms with Crippen LogP contribution in [0, 0.1) is 12.3 Å². The van der Waals surface area contributed by atoms with E-state index in [1.165, 1.54) is 0 Å². The van der Waals surface area contributed by atoms with Crippen molar-refractivity contribution < 1.29 is 4.79 Å². The summed E-state index contributed by atoms with van der Waals surface area (Å²) in [6.45, 7) is 8.08. The number of amides is 1. The van der Waals surface area contributed by atoms with E-state index in [9.17, 15) is 4.79 Å². The molecule has 5 nitrogen and oxygen atoms in total. The molecule has 6 heteroatoms. The number of thioether (sulfide) groups is 1. The Bertz CT molecular complexity index is 617. The van der Waals surface area contributed by atoms with Crippen molar-refractivity contribution in [3.8, 4) is 0 Å². The minimum atomic E-state index is 0.0309. The van der Waals surface area contributed by atoms with Crippen molar-refractivity contribution in [2.45, 2.75) is 25.8 Å². The van der Waals surface area contributed by atoms with Gasteiger partial charge in [0.25, 0.3) is 5.91 Å². The van der Waals surface area contributed by atoms with Crippen molar-refractivity contribution in [1.29, 1.82) is 0 Å². The first kappa shape index (κ1) is 13.5. The third kappa shape index (κ3) is 1.78. The fourth-order valence-electron chi connectivity index (χ4n) is 2.92. The zero-order chi connectivity index (χ0) is 14.7. The molecule has 1 N–H and O–H groups in total. The van der Waals surface area contributed by atoms with Crippen LogP contribution in [0.2, 0.25) is 0 Å². The van der Waals surface area contributed by atoms with Crippen LogP contribution >= 0.6 is 11.8 Å². The van der Waals surface area contributed by atoms with Crippen LogP contribution in [0.1, 0.15) is 29.9 Å². The lowest BCUT2D eigenvalue weighted by Crippen LogP contribution is -2.56. The molecule has 0 atom stereocenters. The second-order valence-electron chi connectivity index (χ2n) is 6.24. The first-order chi connectivity index (χ1) is 9.35. The third-order valence-corrected chi connectivity index (χ3v) is 4.60. The number of aliphatic imine (C=N–C) groups is 1. The standard InChI is InChI=1S/C14H20N4OS/c1-8-10-9(11(16-8)20-5)12(19)17(4)13-15-6-14(2,3)7-18(10)13/h16H,6-7H2,1-5H3. The topological polar surface area (TPSA) is 51.7 Å². The molecule has 0 saturated carbocycles. The molecule has 3 heterocycles. The first-order valence-electron chi connectivity index (χ1n) is 6.72. The molecule has 0 aromatic carbocycles. The molecule has 2 aliphatic rings. The molecule has 0 radical (unpaired) electrons. The fraction of sp³-hybridized carbons (Fsp3) is 0.571. The fourth-order valence-corrected chi connectivity index (χ4v) is 3.56. The monoisotopic (exact) mass is 292 g/mol. The number of guanidine groups is 1. The minimum absolute atomic E-state index is 0.0309. The molecule has 0 unspecified atom stereocenters. The summed E-state index contributed by atoms with van der Waals surface area (Å²) in [5, 5.41) is 0.941. The molecule has 0 bridgehead atoms. The Hall–Kier alpha value is -1.43. The molecule has 0 spiro atoms. The van der Waals surface area contributed by atoms with Gasteiger partial charge in [0.2, 0.25) is 5.96 Å². The summed E-state index contributed by atoms with van der Waals surface area (Å²) >= 11 is 1.58. The number of aryl methyl sites for hydroxylation is 1. The Labute approximate surface area is 123 Å². The van der Waals surface area contributed by atoms with Gasteiger partial charge >= 0.3 is 0 Å². The molecule has 108 valence electrons. The highest BCUT2D eigenvalue weighted by atomic mass is 32.2. The molecule has 0 aliphatic carbocycles. The highest BCUT2D eigenvalue weighted by Gasteiger charge is 2.41. The van der Waals surface area contributed by atoms with Crippen LogP contribution in [0.15, 0.2) is 10.0 Å². The van der Waals surface area contributed by atoms with Crippen LogP contribution in [-0.2, 0) is 0 Å². The van der Waals surface area contributed by atoms with E-state index in [4.69, 9.17) is 0 Å². The second kappa shape index (κ2) is 4.28. The van der Waals surface area contributed by atoms with Crippen molar-refractivity contribution in [2.24, 2.45) is 10.4 Å². The minimum Gasteiger partial charge on any atom is -0.351 e. The number of aromatic amines is 1. The molecule has 1 amide bonds. The van der Waals surface area contributed by atoms with E-state index in [0.29, 0.717) is 0 Å². The van der Waals surface area contributed by atoms with Crippen molar-refractivity contribution in [3.05, 3.63) is 11.3 Å². The average molecular weight is 292 g/mol. The second-order valence-corrected chi connectivity index (χ2v) is 7.05. The normalized spacial score (nSPS) is 20.6. The highest BCUT2D eigenvalue weighted by Crippen LogP contribution is 2.40. The lowest BCUT2D eigenvalue weighted by atomic mass is 9.90. The van der Waals surface area contributed by atoms with Gasteiger partial charge in [-0.1, -0.05) is 13.8 Å². The van der Waals surface area contributed by atoms with E-state index in [2.05, 4.69) is 28.7 Å². The highest BCUT2D eigenvalue weighted by molar-refractivity contribution is 7.98. The number of nitrogens with one attached hydrogen (secondary N) is 1. The van der Waals surface area contributed by atoms with Gasteiger partial charge in [0.05, 0.1) is 16.3 Å². The number of aromatic nitrogens is 1. The predicted molar refractivity (Wildman–Crippen MR) is 82.8 cm³/mol. The molecule has 1 aromatic rings. The van der Waals surface area contributed by atoms with Crippen LogP contribution in [-0.4, -0.2) is 48.1 Å². The van der Waals surface area contributed by atoms with Crippen LogP contribution in [0.25, 0.3) is 0 Å². The number of hydrogen-bond acceptors (Lipinski definition) is 4. The van der Waals surface area contributed by atoms with Crippen LogP contribution in [0.4, 0.5) is 5.69 Å². The zero-order valence-corrected chi connectivity index (χ0v) is 13.4. The number of anilines is 1. The van der Waals surface area contributed by atoms with Gasteiger partial charge in [0.1, 0.15) is 0 Å². The van der Waals surface area contributed by atoms with Gasteiger partial charge in [-0.15, -0.1) is 11.8 Å². The maximum Gasteiger partial charge on any atom is 0.265 e. The van der Waals surface area contributed by atoms with Crippen molar-refractivity contribution >= 4 is 29.3 Å². The summed E-state index contributed by atoms with van der Waals surface area (Å²) in [4.78, 5) is 24.4. The van der Waals surface area contributed by atoms with Gasteiger partial charge in [0.15, 0.2) is 0 Å². The molecule has 0 fully saturated rings. The van der Waals surface area contributed by atoms with E-state index in [-0.39, 0.29) is 11.3 Å². The number of H-pyrrole nitrogens is 1. The summed E-state index contributed by atoms with van der Waals surface area (Å²) < 4.78 is 0. The molecular formula is C14H20N4OS. The Morgan fingerprint density at radius 3 is 2.75 bits per heavy atom. The van der Waals surface area contributed by atoms with E-state index >= 15 is 0 Å². The average Bonchev–Trinajstić information content (AvgIpc) is 2.72. The van der Waals surface area contributed by atoms with E-state index in [1.54, 1.807) is 16.7 Å². The summed E-state index contributed by atoms with van der Waals surface area (Å²) in [7, 11) is 1.81. The predicted octanol–water partition coefficient (Wildman–Crippen LogP) is 2.33. The summed E-state index contributed by atoms with van der Waals surface area (Å²) in [5.41, 5.74) is 2.94. The summed E-state index contributed by atoms with van der Waals surface area (Å²) in [6.07, 6.45) is 1.99. The molecule has 20 heavy (non-hydrogen) atoms. The number of hydrogen-bond donors (Lipinski definition) is 1. The number of rotatable bonds is 1. The lowest BCUT2D eigenvalue weighted by molar-refractivity contribution is 0.0858. The van der Waals surface area contributed by atoms with Gasteiger partial charge in [-0.05, 0) is 13.2 Å². The number of nitrogens with zero attached hydrogens (tertiary/aromatic N) is 3. The zero-order valence-electron chi connectivity index (χ0n) is 12.6. The van der Waals surface area contributed by atoms with Crippen LogP contribution in [0.3, 0.4) is 0 Å². The molecular weight excluding hydrogens is 272 g/mol. The van der Waals surface area contributed by atoms with Crippen molar-refractivity contribution in [1.82, 2.24) is 9.88 Å². The first-order valence-corrected chi connectivity index (χ1v) is 7.95. The lowest BCUT2D eigenvalue weighted by Gasteiger charge is -2.43. The van der Waals surface area contributed by atoms with Gasteiger partial charge in [0, 0.05) is 31.2 Å². The number of carbonyl (C=O) groups excluding carboxylic acids is 1. The van der Waals surface area contributed by atoms with Crippen LogP contribution in [0.5, 0.6) is 0 Å². The Balaban J connectivity index is 2.22. The SMILES string of the molecule is CSc1[nH]c(C)c2c1C(=O)N(C)C1=NCC(C)(C)CN12. The Morgan fingerprint density at radius 1 is 1.40 bits per heavy atom. The van der Waals surface area contributed by atoms with Crippen molar-refractivity contribution in [3.63, 3.8) is 0 Å². The molecule has 3 rings (SSSR count). The molecule has 0 saturated heterocycles. The largest absolute Gasteiger partial charge is 0.351 e. The quantitative estimate of drug-likeness (QED) is 0.808. The maximum atomic E-state index is 12.6. The summed E-state index contributed by atoms with van der Waals surface area (Å²) in [6, 6.07) is 0. The summed E-state index contributed by atoms with van der Waals surface area (Å²) in [5.74, 6) is 0.806. The smallest absolute Gasteiger partial charge is 0.265 e. The Kier molecular flexibility index (Phi) is 2.90. The maximum absolute atomic E-state index is 12.6. The van der Waals surface area contributed by atoms with Gasteiger partial charge in [-0.25, -0.2) is 0 Å². The molecule has 1 aromatic heterocycles. The van der Waals surface area contributed by atoms with Crippen LogP contribution < -0.4 is 4.90 Å². The Morgan fingerprint density at radius 2 is 2.10 bits per heavy atom.